The van der Waals surface area contributed by atoms with Gasteiger partial charge in [0, 0.05) is 13.1 Å². The number of urea groups is 1. The van der Waals surface area contributed by atoms with Crippen molar-refractivity contribution < 1.29 is 14.7 Å². The average molecular weight is 266 g/mol. The lowest BCUT2D eigenvalue weighted by Crippen LogP contribution is -2.48. The second-order valence-corrected chi connectivity index (χ2v) is 4.96. The minimum atomic E-state index is -1.04. The number of nitrogens with zero attached hydrogens (tertiary/aromatic N) is 2. The molecule has 0 aromatic rings. The Labute approximate surface area is 114 Å². The Balaban J connectivity index is 2.52. The van der Waals surface area contributed by atoms with Gasteiger partial charge in [-0.15, -0.1) is 6.42 Å². The molecule has 5 nitrogen and oxygen atoms in total. The largest absolute Gasteiger partial charge is 0.480 e. The van der Waals surface area contributed by atoms with E-state index in [1.165, 1.54) is 17.7 Å². The van der Waals surface area contributed by atoms with E-state index in [2.05, 4.69) is 12.8 Å². The van der Waals surface area contributed by atoms with Crippen LogP contribution in [0.3, 0.4) is 0 Å². The second kappa shape index (κ2) is 7.67. The molecule has 1 rings (SSSR count). The zero-order valence-electron chi connectivity index (χ0n) is 11.5. The van der Waals surface area contributed by atoms with E-state index in [9.17, 15) is 9.59 Å². The molecule has 0 aliphatic carbocycles. The Kier molecular flexibility index (Phi) is 6.20. The highest BCUT2D eigenvalue weighted by atomic mass is 16.4. The molecule has 5 heteroatoms. The van der Waals surface area contributed by atoms with Crippen molar-refractivity contribution in [2.45, 2.75) is 32.6 Å². The first-order valence-electron chi connectivity index (χ1n) is 6.77. The SMILES string of the molecule is C#CCN(CC(=O)O)C(=O)N1CCC(CCC)CC1. The van der Waals surface area contributed by atoms with Gasteiger partial charge in [0.1, 0.15) is 6.54 Å². The Hall–Kier alpha value is -1.70. The summed E-state index contributed by atoms with van der Waals surface area (Å²) in [7, 11) is 0. The number of hydrogen-bond acceptors (Lipinski definition) is 2. The summed E-state index contributed by atoms with van der Waals surface area (Å²) in [5, 5.41) is 8.79. The summed E-state index contributed by atoms with van der Waals surface area (Å²) in [6.07, 6.45) is 9.54. The van der Waals surface area contributed by atoms with Crippen LogP contribution in [0.4, 0.5) is 4.79 Å². The van der Waals surface area contributed by atoms with Crippen LogP contribution in [0.1, 0.15) is 32.6 Å². The van der Waals surface area contributed by atoms with Crippen LogP contribution in [0.25, 0.3) is 0 Å². The number of carboxylic acid groups (broad SMARTS) is 1. The maximum atomic E-state index is 12.2. The number of carbonyl (C=O) groups is 2. The van der Waals surface area contributed by atoms with Gasteiger partial charge in [-0.1, -0.05) is 25.7 Å². The normalized spacial score (nSPS) is 15.9. The lowest BCUT2D eigenvalue weighted by Gasteiger charge is -2.34. The van der Waals surface area contributed by atoms with E-state index in [1.807, 2.05) is 0 Å². The van der Waals surface area contributed by atoms with Crippen molar-refractivity contribution >= 4 is 12.0 Å². The van der Waals surface area contributed by atoms with Crippen LogP contribution in [-0.2, 0) is 4.79 Å². The molecule has 1 saturated heterocycles. The zero-order valence-corrected chi connectivity index (χ0v) is 11.5. The average Bonchev–Trinajstić information content (AvgIpc) is 2.38. The molecular formula is C14H22N2O3. The van der Waals surface area contributed by atoms with Crippen LogP contribution < -0.4 is 0 Å². The molecule has 1 aliphatic heterocycles. The molecule has 106 valence electrons. The first-order valence-corrected chi connectivity index (χ1v) is 6.77. The highest BCUT2D eigenvalue weighted by Crippen LogP contribution is 2.22. The smallest absolute Gasteiger partial charge is 0.323 e. The Morgan fingerprint density at radius 2 is 2.05 bits per heavy atom. The van der Waals surface area contributed by atoms with Gasteiger partial charge in [0.2, 0.25) is 0 Å². The van der Waals surface area contributed by atoms with E-state index in [-0.39, 0.29) is 19.1 Å². The summed E-state index contributed by atoms with van der Waals surface area (Å²) >= 11 is 0. The van der Waals surface area contributed by atoms with Gasteiger partial charge in [0.15, 0.2) is 0 Å². The van der Waals surface area contributed by atoms with Crippen LogP contribution in [0.5, 0.6) is 0 Å². The fraction of sp³-hybridized carbons (Fsp3) is 0.714. The summed E-state index contributed by atoms with van der Waals surface area (Å²) < 4.78 is 0. The van der Waals surface area contributed by atoms with Gasteiger partial charge >= 0.3 is 12.0 Å². The number of amides is 2. The number of carbonyl (C=O) groups excluding carboxylic acids is 1. The topological polar surface area (TPSA) is 60.9 Å². The van der Waals surface area contributed by atoms with Gasteiger partial charge in [0.25, 0.3) is 0 Å². The fourth-order valence-electron chi connectivity index (χ4n) is 2.49. The molecule has 0 unspecified atom stereocenters. The van der Waals surface area contributed by atoms with Crippen molar-refractivity contribution in [2.24, 2.45) is 5.92 Å². The van der Waals surface area contributed by atoms with Crippen LogP contribution in [0.2, 0.25) is 0 Å². The molecule has 19 heavy (non-hydrogen) atoms. The van der Waals surface area contributed by atoms with E-state index < -0.39 is 5.97 Å². The minimum Gasteiger partial charge on any atom is -0.480 e. The highest BCUT2D eigenvalue weighted by molar-refractivity contribution is 5.80. The molecule has 0 radical (unpaired) electrons. The first-order chi connectivity index (χ1) is 9.08. The Bertz CT molecular complexity index is 354. The number of rotatable bonds is 5. The summed E-state index contributed by atoms with van der Waals surface area (Å²) in [5.41, 5.74) is 0. The van der Waals surface area contributed by atoms with E-state index in [0.717, 1.165) is 12.8 Å². The summed E-state index contributed by atoms with van der Waals surface area (Å²) in [4.78, 5) is 25.8. The van der Waals surface area contributed by atoms with Gasteiger partial charge in [-0.25, -0.2) is 4.79 Å². The maximum absolute atomic E-state index is 12.2. The van der Waals surface area contributed by atoms with Crippen LogP contribution in [0.15, 0.2) is 0 Å². The highest BCUT2D eigenvalue weighted by Gasteiger charge is 2.26. The predicted octanol–water partition coefficient (Wildman–Crippen LogP) is 1.64. The lowest BCUT2D eigenvalue weighted by atomic mass is 9.93. The van der Waals surface area contributed by atoms with E-state index >= 15 is 0 Å². The van der Waals surface area contributed by atoms with Crippen molar-refractivity contribution in [2.75, 3.05) is 26.2 Å². The third-order valence-electron chi connectivity index (χ3n) is 3.46. The quantitative estimate of drug-likeness (QED) is 0.769. The summed E-state index contributed by atoms with van der Waals surface area (Å²) in [6.45, 7) is 3.27. The number of carboxylic acids is 1. The summed E-state index contributed by atoms with van der Waals surface area (Å²) in [5.74, 6) is 1.99. The minimum absolute atomic E-state index is 0.0417. The number of hydrogen-bond donors (Lipinski definition) is 1. The molecule has 0 spiro atoms. The first kappa shape index (κ1) is 15.4. The van der Waals surface area contributed by atoms with E-state index in [4.69, 9.17) is 11.5 Å². The van der Waals surface area contributed by atoms with Crippen molar-refractivity contribution in [3.05, 3.63) is 0 Å². The van der Waals surface area contributed by atoms with Gasteiger partial charge in [-0.05, 0) is 18.8 Å². The molecular weight excluding hydrogens is 244 g/mol. The van der Waals surface area contributed by atoms with Crippen LogP contribution in [0, 0.1) is 18.3 Å². The van der Waals surface area contributed by atoms with Gasteiger partial charge in [0.05, 0.1) is 6.54 Å². The predicted molar refractivity (Wildman–Crippen MR) is 72.6 cm³/mol. The molecule has 1 N–H and O–H groups in total. The maximum Gasteiger partial charge on any atom is 0.323 e. The molecule has 0 bridgehead atoms. The number of piperidine rings is 1. The number of aliphatic carboxylic acids is 1. The third-order valence-corrected chi connectivity index (χ3v) is 3.46. The molecule has 2 amide bonds. The van der Waals surface area contributed by atoms with Crippen LogP contribution >= 0.6 is 0 Å². The van der Waals surface area contributed by atoms with Crippen molar-refractivity contribution in [3.63, 3.8) is 0 Å². The molecule has 1 heterocycles. The molecule has 1 fully saturated rings. The molecule has 0 aromatic heterocycles. The molecule has 1 aliphatic rings. The van der Waals surface area contributed by atoms with Crippen molar-refractivity contribution in [3.8, 4) is 12.3 Å². The second-order valence-electron chi connectivity index (χ2n) is 4.96. The zero-order chi connectivity index (χ0) is 14.3. The van der Waals surface area contributed by atoms with Crippen molar-refractivity contribution in [1.82, 2.24) is 9.80 Å². The number of likely N-dealkylation sites (tertiary alicyclic amines) is 1. The van der Waals surface area contributed by atoms with E-state index in [0.29, 0.717) is 19.0 Å². The van der Waals surface area contributed by atoms with Gasteiger partial charge < -0.3 is 14.9 Å². The Morgan fingerprint density at radius 3 is 2.53 bits per heavy atom. The molecule has 0 atom stereocenters. The van der Waals surface area contributed by atoms with Gasteiger partial charge in [-0.2, -0.15) is 0 Å². The van der Waals surface area contributed by atoms with E-state index in [1.54, 1.807) is 4.90 Å². The van der Waals surface area contributed by atoms with Crippen molar-refractivity contribution in [1.29, 1.82) is 0 Å². The van der Waals surface area contributed by atoms with Crippen LogP contribution in [-0.4, -0.2) is 53.1 Å². The fourth-order valence-corrected chi connectivity index (χ4v) is 2.49. The number of terminal acetylenes is 1. The molecule has 0 saturated carbocycles. The van der Waals surface area contributed by atoms with Gasteiger partial charge in [-0.3, -0.25) is 4.79 Å². The standard InChI is InChI=1S/C14H22N2O3/c1-3-5-12-6-9-15(10-7-12)14(19)16(8-4-2)11-13(17)18/h2,12H,3,5-11H2,1H3,(H,17,18). The molecule has 0 aromatic carbocycles. The Morgan fingerprint density at radius 1 is 1.42 bits per heavy atom. The lowest BCUT2D eigenvalue weighted by molar-refractivity contribution is -0.137. The monoisotopic (exact) mass is 266 g/mol. The third kappa shape index (κ3) is 4.82. The summed E-state index contributed by atoms with van der Waals surface area (Å²) in [6, 6.07) is -0.254.